The van der Waals surface area contributed by atoms with Crippen LogP contribution >= 0.6 is 15.9 Å². The zero-order valence-corrected chi connectivity index (χ0v) is 11.7. The molecule has 1 heterocycles. The molecule has 1 fully saturated rings. The van der Waals surface area contributed by atoms with E-state index in [1.54, 1.807) is 17.0 Å². The largest absolute Gasteiger partial charge is 0.409 e. The van der Waals surface area contributed by atoms with Crippen molar-refractivity contribution in [1.82, 2.24) is 4.90 Å². The molecule has 0 radical (unpaired) electrons. The fourth-order valence-electron chi connectivity index (χ4n) is 1.88. The number of rotatable bonds is 2. The van der Waals surface area contributed by atoms with Crippen molar-refractivity contribution in [2.75, 3.05) is 19.7 Å². The standard InChI is InChI=1S/C12H14BrN3O3/c13-9-4-2-1-3-8(9)12(17)16-5-6-19-10(7-16)11(14)15-18/h1-4,10,18H,5-7H2,(H2,14,15). The van der Waals surface area contributed by atoms with Gasteiger partial charge in [0.2, 0.25) is 0 Å². The van der Waals surface area contributed by atoms with Gasteiger partial charge >= 0.3 is 0 Å². The molecule has 2 rings (SSSR count). The lowest BCUT2D eigenvalue weighted by molar-refractivity contribution is 0.00671. The van der Waals surface area contributed by atoms with Gasteiger partial charge in [-0.2, -0.15) is 0 Å². The molecule has 3 N–H and O–H groups in total. The van der Waals surface area contributed by atoms with Crippen molar-refractivity contribution < 1.29 is 14.7 Å². The maximum atomic E-state index is 12.4. The molecule has 0 aliphatic carbocycles. The first kappa shape index (κ1) is 13.8. The molecular weight excluding hydrogens is 314 g/mol. The first-order chi connectivity index (χ1) is 9.13. The molecule has 0 aromatic heterocycles. The van der Waals surface area contributed by atoms with Crippen molar-refractivity contribution in [3.05, 3.63) is 34.3 Å². The summed E-state index contributed by atoms with van der Waals surface area (Å²) < 4.78 is 6.10. The molecule has 0 bridgehead atoms. The lowest BCUT2D eigenvalue weighted by Crippen LogP contribution is -2.50. The average molecular weight is 328 g/mol. The quantitative estimate of drug-likeness (QED) is 0.367. The summed E-state index contributed by atoms with van der Waals surface area (Å²) >= 11 is 3.35. The van der Waals surface area contributed by atoms with Gasteiger partial charge in [0.25, 0.3) is 5.91 Å². The van der Waals surface area contributed by atoms with Gasteiger partial charge in [-0.25, -0.2) is 0 Å². The van der Waals surface area contributed by atoms with Gasteiger partial charge in [-0.15, -0.1) is 0 Å². The first-order valence-electron chi connectivity index (χ1n) is 5.76. The third-order valence-corrected chi connectivity index (χ3v) is 3.59. The summed E-state index contributed by atoms with van der Waals surface area (Å²) in [5.41, 5.74) is 6.09. The van der Waals surface area contributed by atoms with E-state index >= 15 is 0 Å². The van der Waals surface area contributed by atoms with Crippen LogP contribution in [0.4, 0.5) is 0 Å². The Labute approximate surface area is 119 Å². The second-order valence-electron chi connectivity index (χ2n) is 4.12. The smallest absolute Gasteiger partial charge is 0.255 e. The molecule has 1 aliphatic rings. The topological polar surface area (TPSA) is 88.2 Å². The molecule has 6 nitrogen and oxygen atoms in total. The Balaban J connectivity index is 2.14. The van der Waals surface area contributed by atoms with Crippen LogP contribution in [-0.4, -0.2) is 47.7 Å². The number of carbonyl (C=O) groups is 1. The minimum Gasteiger partial charge on any atom is -0.409 e. The molecule has 1 amide bonds. The number of nitrogens with zero attached hydrogens (tertiary/aromatic N) is 2. The van der Waals surface area contributed by atoms with Crippen molar-refractivity contribution in [2.24, 2.45) is 10.9 Å². The molecule has 19 heavy (non-hydrogen) atoms. The van der Waals surface area contributed by atoms with Crippen LogP contribution in [0, 0.1) is 0 Å². The van der Waals surface area contributed by atoms with E-state index in [-0.39, 0.29) is 18.3 Å². The predicted octanol–water partition coefficient (Wildman–Crippen LogP) is 1.04. The van der Waals surface area contributed by atoms with Gasteiger partial charge in [-0.1, -0.05) is 17.3 Å². The number of nitrogens with two attached hydrogens (primary N) is 1. The first-order valence-corrected chi connectivity index (χ1v) is 6.55. The summed E-state index contributed by atoms with van der Waals surface area (Å²) in [5, 5.41) is 11.6. The van der Waals surface area contributed by atoms with Crippen molar-refractivity contribution in [3.63, 3.8) is 0 Å². The Morgan fingerprint density at radius 3 is 2.95 bits per heavy atom. The molecule has 1 atom stereocenters. The minimum absolute atomic E-state index is 0.0235. The van der Waals surface area contributed by atoms with Gasteiger partial charge in [-0.05, 0) is 28.1 Å². The summed E-state index contributed by atoms with van der Waals surface area (Å²) in [6, 6.07) is 7.22. The number of oxime groups is 1. The maximum Gasteiger partial charge on any atom is 0.255 e. The number of ether oxygens (including phenoxy) is 1. The van der Waals surface area contributed by atoms with E-state index in [1.807, 2.05) is 12.1 Å². The van der Waals surface area contributed by atoms with E-state index in [4.69, 9.17) is 15.7 Å². The number of carbonyl (C=O) groups excluding carboxylic acids is 1. The van der Waals surface area contributed by atoms with Crippen molar-refractivity contribution in [3.8, 4) is 0 Å². The summed E-state index contributed by atoms with van der Waals surface area (Å²) in [7, 11) is 0. The second kappa shape index (κ2) is 6.03. The van der Waals surface area contributed by atoms with Crippen LogP contribution < -0.4 is 5.73 Å². The van der Waals surface area contributed by atoms with Crippen LogP contribution in [0.2, 0.25) is 0 Å². The number of morpholine rings is 1. The molecule has 0 saturated carbocycles. The van der Waals surface area contributed by atoms with E-state index in [0.717, 1.165) is 4.47 Å². The molecular formula is C12H14BrN3O3. The average Bonchev–Trinajstić information content (AvgIpc) is 2.46. The van der Waals surface area contributed by atoms with Crippen LogP contribution in [0.5, 0.6) is 0 Å². The van der Waals surface area contributed by atoms with Crippen molar-refractivity contribution in [1.29, 1.82) is 0 Å². The zero-order chi connectivity index (χ0) is 13.8. The highest BCUT2D eigenvalue weighted by atomic mass is 79.9. The predicted molar refractivity (Wildman–Crippen MR) is 73.2 cm³/mol. The third-order valence-electron chi connectivity index (χ3n) is 2.90. The summed E-state index contributed by atoms with van der Waals surface area (Å²) in [6.07, 6.45) is -0.565. The highest BCUT2D eigenvalue weighted by molar-refractivity contribution is 9.10. The van der Waals surface area contributed by atoms with Crippen LogP contribution in [0.3, 0.4) is 0 Å². The van der Waals surface area contributed by atoms with Gasteiger partial charge < -0.3 is 20.6 Å². The van der Waals surface area contributed by atoms with E-state index in [1.165, 1.54) is 0 Å². The molecule has 1 unspecified atom stereocenters. The van der Waals surface area contributed by atoms with Gasteiger partial charge in [0, 0.05) is 11.0 Å². The fourth-order valence-corrected chi connectivity index (χ4v) is 2.34. The SMILES string of the molecule is NC(=NO)C1CN(C(=O)c2ccccc2Br)CCO1. The minimum atomic E-state index is -0.565. The Kier molecular flexibility index (Phi) is 4.39. The lowest BCUT2D eigenvalue weighted by Gasteiger charge is -2.32. The fraction of sp³-hybridized carbons (Fsp3) is 0.333. The van der Waals surface area contributed by atoms with Crippen LogP contribution in [0.25, 0.3) is 0 Å². The highest BCUT2D eigenvalue weighted by Gasteiger charge is 2.28. The van der Waals surface area contributed by atoms with Gasteiger partial charge in [0.1, 0.15) is 6.10 Å². The summed E-state index contributed by atoms with van der Waals surface area (Å²) in [5.74, 6) is -0.129. The van der Waals surface area contributed by atoms with Crippen LogP contribution in [-0.2, 0) is 4.74 Å². The van der Waals surface area contributed by atoms with Gasteiger partial charge in [0.15, 0.2) is 5.84 Å². The molecule has 1 aromatic rings. The molecule has 0 spiro atoms. The van der Waals surface area contributed by atoms with Crippen molar-refractivity contribution in [2.45, 2.75) is 6.10 Å². The highest BCUT2D eigenvalue weighted by Crippen LogP contribution is 2.19. The normalized spacial score (nSPS) is 20.4. The monoisotopic (exact) mass is 327 g/mol. The maximum absolute atomic E-state index is 12.4. The molecule has 1 aliphatic heterocycles. The Morgan fingerprint density at radius 2 is 2.26 bits per heavy atom. The molecule has 7 heteroatoms. The van der Waals surface area contributed by atoms with E-state index in [0.29, 0.717) is 18.7 Å². The van der Waals surface area contributed by atoms with Crippen LogP contribution in [0.1, 0.15) is 10.4 Å². The van der Waals surface area contributed by atoms with E-state index in [9.17, 15) is 4.79 Å². The number of amides is 1. The van der Waals surface area contributed by atoms with E-state index < -0.39 is 6.10 Å². The Morgan fingerprint density at radius 1 is 1.53 bits per heavy atom. The summed E-state index contributed by atoms with van der Waals surface area (Å²) in [6.45, 7) is 1.11. The van der Waals surface area contributed by atoms with Gasteiger partial charge in [0.05, 0.1) is 18.7 Å². The van der Waals surface area contributed by atoms with Crippen LogP contribution in [0.15, 0.2) is 33.9 Å². The summed E-state index contributed by atoms with van der Waals surface area (Å²) in [4.78, 5) is 14.0. The molecule has 1 aromatic carbocycles. The zero-order valence-electron chi connectivity index (χ0n) is 10.1. The van der Waals surface area contributed by atoms with E-state index in [2.05, 4.69) is 21.1 Å². The number of benzene rings is 1. The number of hydrogen-bond donors (Lipinski definition) is 2. The lowest BCUT2D eigenvalue weighted by atomic mass is 10.1. The Hall–Kier alpha value is -1.60. The second-order valence-corrected chi connectivity index (χ2v) is 4.97. The molecule has 102 valence electrons. The van der Waals surface area contributed by atoms with Gasteiger partial charge in [-0.3, -0.25) is 4.79 Å². The van der Waals surface area contributed by atoms with Crippen molar-refractivity contribution >= 4 is 27.7 Å². The Bertz CT molecular complexity index is 507. The number of halogens is 1. The number of hydrogen-bond acceptors (Lipinski definition) is 4. The third kappa shape index (κ3) is 3.05. The molecule has 1 saturated heterocycles. The number of amidine groups is 1.